The maximum absolute atomic E-state index is 14.6. The summed E-state index contributed by atoms with van der Waals surface area (Å²) in [5.74, 6) is -3.02. The number of carbonyl (C=O) groups is 5. The highest BCUT2D eigenvalue weighted by molar-refractivity contribution is 5.97. The van der Waals surface area contributed by atoms with E-state index in [4.69, 9.17) is 11.5 Å². The van der Waals surface area contributed by atoms with Gasteiger partial charge in [-0.2, -0.15) is 0 Å². The Kier molecular flexibility index (Phi) is 17.5. The van der Waals surface area contributed by atoms with Gasteiger partial charge in [0.2, 0.25) is 29.5 Å². The van der Waals surface area contributed by atoms with Crippen molar-refractivity contribution in [3.63, 3.8) is 0 Å². The predicted octanol–water partition coefficient (Wildman–Crippen LogP) is 2.54. The monoisotopic (exact) mass is 833 g/mol. The van der Waals surface area contributed by atoms with Crippen LogP contribution in [0.5, 0.6) is 5.75 Å². The normalized spacial score (nSPS) is 19.2. The molecule has 15 nitrogen and oxygen atoms in total. The van der Waals surface area contributed by atoms with Crippen LogP contribution in [0.2, 0.25) is 0 Å². The molecule has 15 heteroatoms. The zero-order valence-electron chi connectivity index (χ0n) is 34.8. The zero-order valence-corrected chi connectivity index (χ0v) is 34.8. The van der Waals surface area contributed by atoms with Crippen LogP contribution in [-0.2, 0) is 43.4 Å². The molecule has 4 aromatic carbocycles. The van der Waals surface area contributed by atoms with Gasteiger partial charge in [-0.25, -0.2) is 0 Å². The van der Waals surface area contributed by atoms with Crippen molar-refractivity contribution in [2.75, 3.05) is 26.2 Å². The van der Waals surface area contributed by atoms with Crippen LogP contribution in [0.3, 0.4) is 0 Å². The summed E-state index contributed by atoms with van der Waals surface area (Å²) in [6.45, 7) is 3.11. The molecule has 0 aliphatic carbocycles. The second-order valence-corrected chi connectivity index (χ2v) is 15.4. The Morgan fingerprint density at radius 2 is 1.38 bits per heavy atom. The first-order valence-electron chi connectivity index (χ1n) is 21.0. The number of guanidine groups is 1. The highest BCUT2D eigenvalue weighted by Gasteiger charge is 2.35. The first-order valence-corrected chi connectivity index (χ1v) is 21.0. The molecule has 1 heterocycles. The van der Waals surface area contributed by atoms with Crippen LogP contribution < -0.4 is 38.1 Å². The van der Waals surface area contributed by atoms with E-state index in [2.05, 4.69) is 43.7 Å². The number of phenolic OH excluding ortho intramolecular Hbond substituents is 1. The maximum atomic E-state index is 14.6. The Balaban J connectivity index is 1.38. The van der Waals surface area contributed by atoms with Gasteiger partial charge in [-0.3, -0.25) is 29.0 Å². The van der Waals surface area contributed by atoms with Gasteiger partial charge in [0.05, 0.1) is 6.54 Å². The number of aliphatic imine (C=N–C) groups is 1. The van der Waals surface area contributed by atoms with E-state index in [-0.39, 0.29) is 44.1 Å². The van der Waals surface area contributed by atoms with Crippen LogP contribution >= 0.6 is 0 Å². The number of fused-ring (bicyclic) bond motifs is 1. The van der Waals surface area contributed by atoms with Gasteiger partial charge < -0.3 is 48.1 Å². The van der Waals surface area contributed by atoms with E-state index >= 15 is 0 Å². The highest BCUT2D eigenvalue weighted by Crippen LogP contribution is 2.18. The molecule has 0 radical (unpaired) electrons. The maximum Gasteiger partial charge on any atom is 0.246 e. The van der Waals surface area contributed by atoms with Crippen LogP contribution in [0.15, 0.2) is 102 Å². The summed E-state index contributed by atoms with van der Waals surface area (Å²) in [6.07, 6.45) is 3.75. The summed E-state index contributed by atoms with van der Waals surface area (Å²) in [7, 11) is 0. The zero-order chi connectivity index (χ0) is 43.6. The minimum Gasteiger partial charge on any atom is -0.508 e. The van der Waals surface area contributed by atoms with Gasteiger partial charge in [-0.15, -0.1) is 0 Å². The minimum absolute atomic E-state index is 0.0420. The molecule has 1 aliphatic heterocycles. The number of phenols is 1. The standard InChI is InChI=1S/C46H59N9O6/c1-31-42(58)53-38(16-11-24-50-46(47)48)44(60)54-39(28-34-17-20-35-14-7-8-15-36(35)26-34)43(59)51-30-41(57)52-40(27-32-18-21-37(56)22-19-32)45(61)55(31)25-10-3-2-9-23-49-29-33-12-5-4-6-13-33/h4-8,12-15,17-22,26,31,38-40,49,56H,2-3,9-11,16,23-25,27-30H2,1H3,(H,51,59)(H,52,57)(H,53,58)(H,54,60)(H4,47,48,50)/t31-,38+,39+,40-/m1/s1. The molecule has 5 rings (SSSR count). The van der Waals surface area contributed by atoms with Crippen LogP contribution in [0, 0.1) is 0 Å². The average Bonchev–Trinajstić information content (AvgIpc) is 3.25. The smallest absolute Gasteiger partial charge is 0.246 e. The van der Waals surface area contributed by atoms with Crippen LogP contribution in [0.4, 0.5) is 0 Å². The second kappa shape index (κ2) is 23.3. The molecule has 1 fully saturated rings. The van der Waals surface area contributed by atoms with Crippen LogP contribution in [0.1, 0.15) is 62.1 Å². The second-order valence-electron chi connectivity index (χ2n) is 15.4. The summed E-state index contributed by atoms with van der Waals surface area (Å²) in [4.78, 5) is 75.8. The van der Waals surface area contributed by atoms with Gasteiger partial charge in [0.25, 0.3) is 0 Å². The molecular weight excluding hydrogens is 775 g/mol. The number of nitrogens with one attached hydrogen (secondary N) is 5. The first kappa shape index (κ1) is 45.6. The lowest BCUT2D eigenvalue weighted by Gasteiger charge is -2.33. The molecule has 1 aliphatic rings. The number of amides is 5. The van der Waals surface area contributed by atoms with E-state index in [0.29, 0.717) is 18.4 Å². The number of hydrogen-bond donors (Lipinski definition) is 8. The molecule has 0 saturated carbocycles. The summed E-state index contributed by atoms with van der Waals surface area (Å²) in [5.41, 5.74) is 13.7. The fourth-order valence-corrected chi connectivity index (χ4v) is 7.30. The van der Waals surface area contributed by atoms with Gasteiger partial charge in [-0.1, -0.05) is 97.8 Å². The molecule has 0 aromatic heterocycles. The highest BCUT2D eigenvalue weighted by atomic mass is 16.3. The molecule has 4 aromatic rings. The van der Waals surface area contributed by atoms with Gasteiger partial charge in [0.15, 0.2) is 5.96 Å². The number of nitrogens with two attached hydrogens (primary N) is 2. The number of benzene rings is 4. The fourth-order valence-electron chi connectivity index (χ4n) is 7.30. The van der Waals surface area contributed by atoms with Crippen molar-refractivity contribution in [3.05, 3.63) is 114 Å². The van der Waals surface area contributed by atoms with E-state index in [1.165, 1.54) is 22.6 Å². The Morgan fingerprint density at radius 1 is 0.705 bits per heavy atom. The average molecular weight is 834 g/mol. The third-order valence-electron chi connectivity index (χ3n) is 10.7. The number of hydrogen-bond acceptors (Lipinski definition) is 8. The quantitative estimate of drug-likeness (QED) is 0.0443. The van der Waals surface area contributed by atoms with E-state index < -0.39 is 60.2 Å². The van der Waals surface area contributed by atoms with Crippen molar-refractivity contribution >= 4 is 46.3 Å². The Bertz CT molecular complexity index is 2110. The van der Waals surface area contributed by atoms with E-state index in [9.17, 15) is 29.1 Å². The van der Waals surface area contributed by atoms with Crippen molar-refractivity contribution in [1.29, 1.82) is 0 Å². The molecule has 5 amide bonds. The SMILES string of the molecule is C[C@@H]1C(=O)N[C@@H](CCCN=C(N)N)C(=O)N[C@@H](Cc2ccc3ccccc3c2)C(=O)NCC(=O)N[C@H](Cc2ccc(O)cc2)C(=O)N1CCCCCCNCc1ccccc1. The Morgan fingerprint density at radius 3 is 2.13 bits per heavy atom. The molecule has 0 unspecified atom stereocenters. The third kappa shape index (κ3) is 14.6. The number of unbranched alkanes of at least 4 members (excludes halogenated alkanes) is 3. The number of carbonyl (C=O) groups excluding carboxylic acids is 5. The van der Waals surface area contributed by atoms with E-state index in [1.54, 1.807) is 19.1 Å². The summed E-state index contributed by atoms with van der Waals surface area (Å²) >= 11 is 0. The molecule has 324 valence electrons. The van der Waals surface area contributed by atoms with Crippen molar-refractivity contribution in [2.24, 2.45) is 16.5 Å². The minimum atomic E-state index is -1.12. The molecular formula is C46H59N9O6. The van der Waals surface area contributed by atoms with Gasteiger partial charge in [0.1, 0.15) is 29.9 Å². The van der Waals surface area contributed by atoms with E-state index in [1.807, 2.05) is 60.7 Å². The lowest BCUT2D eigenvalue weighted by Crippen LogP contribution is -2.58. The molecule has 0 bridgehead atoms. The number of rotatable bonds is 17. The molecule has 0 spiro atoms. The van der Waals surface area contributed by atoms with Gasteiger partial charge in [0, 0.05) is 32.5 Å². The number of aromatic hydroxyl groups is 1. The van der Waals surface area contributed by atoms with Crippen LogP contribution in [0.25, 0.3) is 10.8 Å². The van der Waals surface area contributed by atoms with Crippen molar-refractivity contribution in [1.82, 2.24) is 31.5 Å². The van der Waals surface area contributed by atoms with Gasteiger partial charge in [-0.05, 0) is 78.7 Å². The third-order valence-corrected chi connectivity index (χ3v) is 10.7. The number of nitrogens with zero attached hydrogens (tertiary/aromatic N) is 2. The summed E-state index contributed by atoms with van der Waals surface area (Å²) < 4.78 is 0. The lowest BCUT2D eigenvalue weighted by atomic mass is 10.0. The van der Waals surface area contributed by atoms with Crippen molar-refractivity contribution in [2.45, 2.75) is 89.0 Å². The molecule has 10 N–H and O–H groups in total. The first-order chi connectivity index (χ1) is 29.5. The Labute approximate surface area is 357 Å². The topological polar surface area (TPSA) is 233 Å². The molecule has 4 atom stereocenters. The summed E-state index contributed by atoms with van der Waals surface area (Å²) in [5, 5.41) is 26.5. The molecule has 1 saturated heterocycles. The van der Waals surface area contributed by atoms with Crippen molar-refractivity contribution in [3.8, 4) is 5.75 Å². The lowest BCUT2D eigenvalue weighted by molar-refractivity contribution is -0.143. The Hall–Kier alpha value is -6.48. The van der Waals surface area contributed by atoms with Gasteiger partial charge >= 0.3 is 0 Å². The molecule has 61 heavy (non-hydrogen) atoms. The van der Waals surface area contributed by atoms with Crippen LogP contribution in [-0.4, -0.2) is 95.8 Å². The van der Waals surface area contributed by atoms with Crippen molar-refractivity contribution < 1.29 is 29.1 Å². The largest absolute Gasteiger partial charge is 0.508 e. The van der Waals surface area contributed by atoms with E-state index in [0.717, 1.165) is 48.7 Å². The fraction of sp³-hybridized carbons (Fsp3) is 0.391. The predicted molar refractivity (Wildman–Crippen MR) is 236 cm³/mol. The summed E-state index contributed by atoms with van der Waals surface area (Å²) in [6, 6.07) is 25.5.